The fraction of sp³-hybridized carbons (Fsp3) is 0.114. The summed E-state index contributed by atoms with van der Waals surface area (Å²) < 4.78 is 34.6. The smallest absolute Gasteiger partial charge is 0.256 e. The van der Waals surface area contributed by atoms with Crippen LogP contribution in [0.15, 0.2) is 206 Å². The van der Waals surface area contributed by atoms with Crippen LogP contribution in [0.3, 0.4) is 0 Å². The van der Waals surface area contributed by atoms with Gasteiger partial charge in [-0.15, -0.1) is 0 Å². The predicted molar refractivity (Wildman–Crippen MR) is 435 cm³/mol. The topological polar surface area (TPSA) is 61.0 Å². The number of nitrogens with one attached hydrogen (secondary N) is 1. The van der Waals surface area contributed by atoms with Gasteiger partial charge in [0.2, 0.25) is 0 Å². The molecule has 6 aliphatic heterocycles. The summed E-state index contributed by atoms with van der Waals surface area (Å²) in [4.78, 5) is 0. The first-order valence-corrected chi connectivity index (χ1v) is 37.7. The fourth-order valence-electron chi connectivity index (χ4n) is 18.6. The molecule has 1 N–H and O–H groups in total. The lowest BCUT2D eigenvalue weighted by Crippen LogP contribution is -2.64. The third-order valence-electron chi connectivity index (χ3n) is 22.9. The van der Waals surface area contributed by atoms with E-state index in [1.165, 1.54) is 93.2 Å². The van der Waals surface area contributed by atoms with Crippen LogP contribution in [0.5, 0.6) is 34.5 Å². The van der Waals surface area contributed by atoms with Gasteiger partial charge in [-0.25, -0.2) is 0 Å². The molecular weight excluding hydrogens is 1290 g/mol. The lowest BCUT2D eigenvalue weighted by molar-refractivity contribution is 0.486. The van der Waals surface area contributed by atoms with Gasteiger partial charge in [0, 0.05) is 86.2 Å². The van der Waals surface area contributed by atoms with Gasteiger partial charge in [0.15, 0.2) is 0 Å². The Hall–Kier alpha value is -11.0. The van der Waals surface area contributed by atoms with E-state index in [9.17, 15) is 0 Å². The number of anilines is 6. The molecule has 0 radical (unpaired) electrons. The molecule has 16 aromatic rings. The van der Waals surface area contributed by atoms with Gasteiger partial charge >= 0.3 is 0 Å². The van der Waals surface area contributed by atoms with Crippen molar-refractivity contribution in [1.82, 2.24) is 13.7 Å². The molecule has 0 aliphatic carbocycles. The maximum absolute atomic E-state index is 7.82. The lowest BCUT2D eigenvalue weighted by Gasteiger charge is -2.43. The van der Waals surface area contributed by atoms with E-state index in [0.29, 0.717) is 0 Å². The zero-order valence-electron chi connectivity index (χ0n) is 58.1. The van der Waals surface area contributed by atoms with Gasteiger partial charge in [0.25, 0.3) is 20.1 Å². The summed E-state index contributed by atoms with van der Waals surface area (Å²) in [5, 5.41) is 11.6. The number of aryl methyl sites for hydroxylation is 8. The first kappa shape index (κ1) is 58.7. The minimum atomic E-state index is -0.252. The first-order chi connectivity index (χ1) is 49.7. The molecule has 9 heterocycles. The standard InChI is InChI=1S/C88H65B3N6O3S2/c1-45-11-19-70-56(27-45)57-28-46(2)12-20-71(57)93(70)53-35-69-86-83(38-53)98-80-25-17-51(7)33-65(80)89(86)62-41-63-76(43-68(62)92-69)96(101-9)78-36-55(95-74-23-15-49(5)31-60(74)61-32-50(6)16-24-75(61)95)40-85-88(78)91(63)67-42-64-77(44-82(67)100-85)97(102-10)79-37-54(39-84-87(79)90(64)66-34-52(8)18-26-81(66)99-84)94-72-21-13-47(3)29-58(72)59-30-48(4)14-22-73(59)94/h11-44,92H,1-10H3. The van der Waals surface area contributed by atoms with E-state index in [1.807, 2.05) is 0 Å². The molecule has 0 amide bonds. The number of ether oxygens (including phenoxy) is 3. The molecule has 0 saturated heterocycles. The average molecular weight is 1350 g/mol. The maximum Gasteiger partial charge on any atom is 0.256 e. The molecular formula is C88H65B3N6O3S2. The van der Waals surface area contributed by atoms with Crippen molar-refractivity contribution in [3.63, 3.8) is 0 Å². The molecule has 14 heteroatoms. The number of aromatic nitrogens is 3. The molecule has 9 nitrogen and oxygen atoms in total. The second-order valence-corrected chi connectivity index (χ2v) is 31.0. The third kappa shape index (κ3) is 8.02. The summed E-state index contributed by atoms with van der Waals surface area (Å²) in [7, 11) is 0. The number of fused-ring (bicyclic) bond motifs is 21. The monoisotopic (exact) mass is 1350 g/mol. The minimum absolute atomic E-state index is 0.151. The van der Waals surface area contributed by atoms with Crippen LogP contribution in [0.4, 0.5) is 34.1 Å². The number of hydrogen-bond acceptors (Lipinski definition) is 8. The van der Waals surface area contributed by atoms with Crippen molar-refractivity contribution in [3.05, 3.63) is 251 Å². The van der Waals surface area contributed by atoms with Crippen LogP contribution >= 0.6 is 23.9 Å². The third-order valence-corrected chi connectivity index (χ3v) is 24.4. The lowest BCUT2D eigenvalue weighted by atomic mass is 9.29. The summed E-state index contributed by atoms with van der Waals surface area (Å²) in [5.74, 6) is 5.16. The Balaban J connectivity index is 0.791. The Labute approximate surface area is 600 Å². The molecule has 3 aromatic heterocycles. The van der Waals surface area contributed by atoms with Crippen LogP contribution in [0, 0.1) is 55.4 Å². The summed E-state index contributed by atoms with van der Waals surface area (Å²) in [6.07, 6.45) is 4.43. The van der Waals surface area contributed by atoms with E-state index >= 15 is 0 Å². The van der Waals surface area contributed by atoms with Crippen LogP contribution in [-0.2, 0) is 0 Å². The Kier molecular flexibility index (Phi) is 12.0. The normalized spacial score (nSPS) is 13.9. The van der Waals surface area contributed by atoms with Gasteiger partial charge in [-0.2, -0.15) is 0 Å². The van der Waals surface area contributed by atoms with Crippen molar-refractivity contribution in [2.75, 3.05) is 26.4 Å². The van der Waals surface area contributed by atoms with Gasteiger partial charge in [-0.05, 0) is 238 Å². The van der Waals surface area contributed by atoms with Crippen molar-refractivity contribution < 1.29 is 14.2 Å². The molecule has 102 heavy (non-hydrogen) atoms. The maximum atomic E-state index is 7.82. The molecule has 0 atom stereocenters. The Morgan fingerprint density at radius 3 is 0.990 bits per heavy atom. The van der Waals surface area contributed by atoms with E-state index in [-0.39, 0.29) is 20.1 Å². The molecule has 0 unspecified atom stereocenters. The number of rotatable bonds is 5. The minimum Gasteiger partial charge on any atom is -0.458 e. The largest absolute Gasteiger partial charge is 0.458 e. The fourth-order valence-corrected chi connectivity index (χ4v) is 20.0. The zero-order valence-corrected chi connectivity index (χ0v) is 59.8. The predicted octanol–water partition coefficient (Wildman–Crippen LogP) is 16.8. The van der Waals surface area contributed by atoms with Crippen LogP contribution in [0.1, 0.15) is 44.5 Å². The van der Waals surface area contributed by atoms with Crippen molar-refractivity contribution in [2.24, 2.45) is 0 Å². The molecule has 0 spiro atoms. The Morgan fingerprint density at radius 2 is 0.588 bits per heavy atom. The van der Waals surface area contributed by atoms with E-state index < -0.39 is 0 Å². The second kappa shape index (κ2) is 20.8. The molecule has 22 rings (SSSR count). The highest BCUT2D eigenvalue weighted by Gasteiger charge is 2.49. The van der Waals surface area contributed by atoms with Gasteiger partial charge in [-0.1, -0.05) is 117 Å². The number of nitrogens with zero attached hydrogens (tertiary/aromatic N) is 5. The summed E-state index contributed by atoms with van der Waals surface area (Å²) in [6, 6.07) is 78.7. The van der Waals surface area contributed by atoms with Crippen molar-refractivity contribution >= 4 is 193 Å². The van der Waals surface area contributed by atoms with Crippen molar-refractivity contribution in [1.29, 1.82) is 0 Å². The van der Waals surface area contributed by atoms with Crippen LogP contribution in [-0.4, -0.2) is 46.4 Å². The highest BCUT2D eigenvalue weighted by molar-refractivity contribution is 8.00. The molecule has 486 valence electrons. The van der Waals surface area contributed by atoms with E-state index in [1.54, 1.807) is 23.9 Å². The number of benzene rings is 13. The summed E-state index contributed by atoms with van der Waals surface area (Å²) in [6.45, 7) is 17.0. The summed E-state index contributed by atoms with van der Waals surface area (Å²) >= 11 is 3.48. The van der Waals surface area contributed by atoms with Crippen molar-refractivity contribution in [2.45, 2.75) is 55.4 Å². The van der Waals surface area contributed by atoms with Crippen LogP contribution in [0.2, 0.25) is 0 Å². The highest BCUT2D eigenvalue weighted by atomic mass is 32.2. The van der Waals surface area contributed by atoms with Crippen LogP contribution < -0.4 is 77.3 Å². The van der Waals surface area contributed by atoms with E-state index in [4.69, 9.17) is 14.2 Å². The van der Waals surface area contributed by atoms with Gasteiger partial charge in [0.1, 0.15) is 34.5 Å². The number of hydrogen-bond donors (Lipinski definition) is 1. The second-order valence-electron chi connectivity index (χ2n) is 29.5. The Morgan fingerprint density at radius 1 is 0.265 bits per heavy atom. The van der Waals surface area contributed by atoms with E-state index in [2.05, 4.69) is 302 Å². The SMILES string of the molecule is CSN1c2cc3c(cc2B2c4cc5c(cc4Oc4cc(-n6c7ccc(C)cc7c7cc(C)ccc76)cc1c42)N(SC)c1cc(-n2c4ccc(C)cc4c4cc(C)ccc42)cc2c1B5c1cc(C)ccc1O2)B1c2cc(C)ccc2Oc2cc(-n4c5ccc(C)cc5c5cc(C)ccc54)cc(c21)N3. The average Bonchev–Trinajstić information content (AvgIpc) is 0.902. The van der Waals surface area contributed by atoms with Crippen molar-refractivity contribution in [3.8, 4) is 51.6 Å². The molecule has 0 bridgehead atoms. The summed E-state index contributed by atoms with van der Waals surface area (Å²) in [5.41, 5.74) is 37.0. The quantitative estimate of drug-likeness (QED) is 0.135. The van der Waals surface area contributed by atoms with E-state index in [0.717, 1.165) is 152 Å². The molecule has 13 aromatic carbocycles. The first-order valence-electron chi connectivity index (χ1n) is 35.3. The molecule has 0 fully saturated rings. The van der Waals surface area contributed by atoms with Gasteiger partial charge in [0.05, 0.1) is 67.2 Å². The Bertz CT molecular complexity index is 6430. The van der Waals surface area contributed by atoms with Gasteiger partial charge in [-0.3, -0.25) is 8.61 Å². The molecule has 0 saturated carbocycles. The van der Waals surface area contributed by atoms with Gasteiger partial charge < -0.3 is 33.2 Å². The molecule has 6 aliphatic rings. The highest BCUT2D eigenvalue weighted by Crippen LogP contribution is 2.49. The zero-order chi connectivity index (χ0) is 68.3. The van der Waals surface area contributed by atoms with Crippen LogP contribution in [0.25, 0.3) is 82.5 Å².